The minimum absolute atomic E-state index is 0.0538. The molecule has 23 heavy (non-hydrogen) atoms. The molecule has 2 nitrogen and oxygen atoms in total. The molecule has 1 aromatic carbocycles. The third-order valence-electron chi connectivity index (χ3n) is 4.99. The topological polar surface area (TPSA) is 29.5 Å². The van der Waals surface area contributed by atoms with Crippen LogP contribution >= 0.6 is 0 Å². The van der Waals surface area contributed by atoms with Crippen molar-refractivity contribution in [1.29, 1.82) is 0 Å². The molecule has 0 heterocycles. The van der Waals surface area contributed by atoms with Gasteiger partial charge in [0.15, 0.2) is 0 Å². The number of rotatable bonds is 6. The molecule has 4 heteroatoms. The summed E-state index contributed by atoms with van der Waals surface area (Å²) >= 11 is 0. The van der Waals surface area contributed by atoms with Gasteiger partial charge in [0.05, 0.1) is 12.0 Å². The molecular formula is C19H28F2O2. The van der Waals surface area contributed by atoms with Crippen LogP contribution in [0.4, 0.5) is 8.78 Å². The van der Waals surface area contributed by atoms with Gasteiger partial charge in [-0.3, -0.25) is 0 Å². The lowest BCUT2D eigenvalue weighted by molar-refractivity contribution is -0.128. The third-order valence-corrected chi connectivity index (χ3v) is 4.99. The van der Waals surface area contributed by atoms with E-state index in [1.54, 1.807) is 24.3 Å². The molecule has 130 valence electrons. The van der Waals surface area contributed by atoms with Crippen LogP contribution in [-0.2, 0) is 5.60 Å². The summed E-state index contributed by atoms with van der Waals surface area (Å²) in [5.74, 6) is -0.515. The maximum absolute atomic E-state index is 13.4. The first kappa shape index (κ1) is 18.2. The summed E-state index contributed by atoms with van der Waals surface area (Å²) in [5.41, 5.74) is -0.904. The monoisotopic (exact) mass is 326 g/mol. The fourth-order valence-electron chi connectivity index (χ4n) is 3.68. The highest BCUT2D eigenvalue weighted by atomic mass is 19.3. The van der Waals surface area contributed by atoms with Crippen LogP contribution in [0.2, 0.25) is 0 Å². The average molecular weight is 326 g/mol. The Balaban J connectivity index is 2.32. The zero-order valence-corrected chi connectivity index (χ0v) is 14.3. The first-order valence-corrected chi connectivity index (χ1v) is 8.63. The Bertz CT molecular complexity index is 481. The summed E-state index contributed by atoms with van der Waals surface area (Å²) in [5, 5.41) is 11.3. The van der Waals surface area contributed by atoms with Crippen molar-refractivity contribution in [2.24, 2.45) is 11.8 Å². The van der Waals surface area contributed by atoms with Crippen molar-refractivity contribution in [3.05, 3.63) is 29.8 Å². The molecule has 0 aliphatic heterocycles. The Morgan fingerprint density at radius 1 is 1.04 bits per heavy atom. The Labute approximate surface area is 137 Å². The lowest BCUT2D eigenvalue weighted by atomic mass is 9.67. The SMILES string of the molecule is CC(C)Oc1ccc(C(O)(C2CCCCC2)C(C)C(F)F)cc1. The number of ether oxygens (including phenoxy) is 1. The number of hydrogen-bond donors (Lipinski definition) is 1. The van der Waals surface area contributed by atoms with Crippen molar-refractivity contribution in [2.75, 3.05) is 0 Å². The highest BCUT2D eigenvalue weighted by Gasteiger charge is 2.46. The predicted octanol–water partition coefficient (Wildman–Crippen LogP) is 5.14. The molecule has 2 rings (SSSR count). The zero-order chi connectivity index (χ0) is 17.0. The molecule has 1 saturated carbocycles. The Morgan fingerprint density at radius 2 is 1.61 bits per heavy atom. The summed E-state index contributed by atoms with van der Waals surface area (Å²) < 4.78 is 32.5. The lowest BCUT2D eigenvalue weighted by Gasteiger charge is -2.43. The van der Waals surface area contributed by atoms with Crippen LogP contribution in [0.1, 0.15) is 58.4 Å². The Hall–Kier alpha value is -1.16. The fourth-order valence-corrected chi connectivity index (χ4v) is 3.68. The number of halogens is 2. The molecule has 0 bridgehead atoms. The number of alkyl halides is 2. The van der Waals surface area contributed by atoms with Gasteiger partial charge in [0, 0.05) is 0 Å². The summed E-state index contributed by atoms with van der Waals surface area (Å²) in [6, 6.07) is 7.01. The van der Waals surface area contributed by atoms with Crippen LogP contribution < -0.4 is 4.74 Å². The van der Waals surface area contributed by atoms with Gasteiger partial charge in [0.1, 0.15) is 11.4 Å². The number of hydrogen-bond acceptors (Lipinski definition) is 2. The molecule has 1 aromatic rings. The smallest absolute Gasteiger partial charge is 0.244 e. The van der Waals surface area contributed by atoms with Crippen LogP contribution in [0.5, 0.6) is 5.75 Å². The summed E-state index contributed by atoms with van der Waals surface area (Å²) in [7, 11) is 0. The molecule has 1 N–H and O–H groups in total. The van der Waals surface area contributed by atoms with Gasteiger partial charge in [0.2, 0.25) is 6.43 Å². The number of aliphatic hydroxyl groups is 1. The van der Waals surface area contributed by atoms with E-state index in [2.05, 4.69) is 0 Å². The highest BCUT2D eigenvalue weighted by molar-refractivity contribution is 5.32. The van der Waals surface area contributed by atoms with E-state index in [-0.39, 0.29) is 12.0 Å². The van der Waals surface area contributed by atoms with Crippen molar-refractivity contribution < 1.29 is 18.6 Å². The van der Waals surface area contributed by atoms with Gasteiger partial charge < -0.3 is 9.84 Å². The molecule has 2 unspecified atom stereocenters. The van der Waals surface area contributed by atoms with Gasteiger partial charge in [0.25, 0.3) is 0 Å². The van der Waals surface area contributed by atoms with Gasteiger partial charge >= 0.3 is 0 Å². The first-order valence-electron chi connectivity index (χ1n) is 8.63. The molecular weight excluding hydrogens is 298 g/mol. The van der Waals surface area contributed by atoms with Gasteiger partial charge in [-0.2, -0.15) is 0 Å². The second-order valence-electron chi connectivity index (χ2n) is 6.97. The molecule has 0 amide bonds. The minimum atomic E-state index is -2.55. The normalized spacial score (nSPS) is 20.5. The molecule has 2 atom stereocenters. The molecule has 1 fully saturated rings. The zero-order valence-electron chi connectivity index (χ0n) is 14.3. The van der Waals surface area contributed by atoms with E-state index < -0.39 is 17.9 Å². The van der Waals surface area contributed by atoms with Crippen LogP contribution in [-0.4, -0.2) is 17.6 Å². The van der Waals surface area contributed by atoms with Crippen LogP contribution in [0.25, 0.3) is 0 Å². The van der Waals surface area contributed by atoms with E-state index in [0.29, 0.717) is 11.3 Å². The van der Waals surface area contributed by atoms with Crippen LogP contribution in [0.3, 0.4) is 0 Å². The van der Waals surface area contributed by atoms with Crippen LogP contribution in [0, 0.1) is 11.8 Å². The number of benzene rings is 1. The van der Waals surface area contributed by atoms with Crippen molar-refractivity contribution >= 4 is 0 Å². The maximum Gasteiger partial charge on any atom is 0.244 e. The molecule has 1 aliphatic carbocycles. The van der Waals surface area contributed by atoms with Gasteiger partial charge in [-0.05, 0) is 50.3 Å². The highest BCUT2D eigenvalue weighted by Crippen LogP contribution is 2.46. The molecule has 0 aromatic heterocycles. The van der Waals surface area contributed by atoms with Crippen molar-refractivity contribution in [1.82, 2.24) is 0 Å². The quantitative estimate of drug-likeness (QED) is 0.784. The van der Waals surface area contributed by atoms with Gasteiger partial charge in [-0.1, -0.05) is 38.3 Å². The summed E-state index contributed by atoms with van der Waals surface area (Å²) in [6.45, 7) is 5.33. The lowest BCUT2D eigenvalue weighted by Crippen LogP contribution is -2.45. The summed E-state index contributed by atoms with van der Waals surface area (Å²) in [6.07, 6.45) is 2.23. The second kappa shape index (κ2) is 7.61. The fraction of sp³-hybridized carbons (Fsp3) is 0.684. The Kier molecular flexibility index (Phi) is 6.01. The Morgan fingerprint density at radius 3 is 2.09 bits per heavy atom. The molecule has 0 saturated heterocycles. The van der Waals surface area contributed by atoms with E-state index >= 15 is 0 Å². The van der Waals surface area contributed by atoms with Gasteiger partial charge in [-0.15, -0.1) is 0 Å². The third kappa shape index (κ3) is 4.03. The molecule has 0 radical (unpaired) electrons. The predicted molar refractivity (Wildman–Crippen MR) is 87.8 cm³/mol. The van der Waals surface area contributed by atoms with E-state index in [0.717, 1.165) is 32.1 Å². The van der Waals surface area contributed by atoms with Gasteiger partial charge in [-0.25, -0.2) is 8.78 Å². The van der Waals surface area contributed by atoms with E-state index in [9.17, 15) is 13.9 Å². The summed E-state index contributed by atoms with van der Waals surface area (Å²) in [4.78, 5) is 0. The standard InChI is InChI=1S/C19H28F2O2/c1-13(2)23-17-11-9-16(10-12-17)19(22,14(3)18(20)21)15-7-5-4-6-8-15/h9-15,18,22H,4-8H2,1-3H3. The minimum Gasteiger partial charge on any atom is -0.491 e. The maximum atomic E-state index is 13.4. The van der Waals surface area contributed by atoms with E-state index in [4.69, 9.17) is 4.74 Å². The second-order valence-corrected chi connectivity index (χ2v) is 6.97. The van der Waals surface area contributed by atoms with Crippen LogP contribution in [0.15, 0.2) is 24.3 Å². The first-order chi connectivity index (χ1) is 10.9. The van der Waals surface area contributed by atoms with Crippen molar-refractivity contribution in [3.8, 4) is 5.75 Å². The van der Waals surface area contributed by atoms with E-state index in [1.807, 2.05) is 13.8 Å². The molecule has 0 spiro atoms. The average Bonchev–Trinajstić information content (AvgIpc) is 2.54. The van der Waals surface area contributed by atoms with Crippen molar-refractivity contribution in [3.63, 3.8) is 0 Å². The molecule has 1 aliphatic rings. The van der Waals surface area contributed by atoms with Crippen molar-refractivity contribution in [2.45, 2.75) is 71.0 Å². The largest absolute Gasteiger partial charge is 0.491 e. The van der Waals surface area contributed by atoms with E-state index in [1.165, 1.54) is 6.92 Å².